The van der Waals surface area contributed by atoms with Crippen LogP contribution in [0.3, 0.4) is 0 Å². The number of benzene rings is 1. The molecule has 1 N–H and O–H groups in total. The molecule has 1 aromatic heterocycles. The molecule has 0 saturated carbocycles. The zero-order valence-electron chi connectivity index (χ0n) is 16.5. The van der Waals surface area contributed by atoms with Crippen molar-refractivity contribution in [2.75, 3.05) is 5.32 Å². The summed E-state index contributed by atoms with van der Waals surface area (Å²) in [5.74, 6) is -0.0450. The summed E-state index contributed by atoms with van der Waals surface area (Å²) < 4.78 is 0. The maximum absolute atomic E-state index is 12.5. The summed E-state index contributed by atoms with van der Waals surface area (Å²) in [5, 5.41) is 12.1. The molecule has 1 heterocycles. The molecule has 0 aliphatic rings. The average Bonchev–Trinajstić information content (AvgIpc) is 2.66. The summed E-state index contributed by atoms with van der Waals surface area (Å²) in [5.41, 5.74) is 2.51. The third-order valence-corrected chi connectivity index (χ3v) is 4.70. The fraction of sp³-hybridized carbons (Fsp3) is 0.348. The molecule has 4 nitrogen and oxygen atoms in total. The molecule has 4 heteroatoms. The molecule has 0 saturated heterocycles. The molecule has 1 aromatic carbocycles. The monoisotopic (exact) mass is 361 g/mol. The molecule has 1 amide bonds. The number of pyridine rings is 1. The molecule has 2 aromatic rings. The Morgan fingerprint density at radius 2 is 1.85 bits per heavy atom. The van der Waals surface area contributed by atoms with E-state index in [2.05, 4.69) is 22.9 Å². The van der Waals surface area contributed by atoms with E-state index >= 15 is 0 Å². The maximum atomic E-state index is 12.5. The van der Waals surface area contributed by atoms with E-state index in [0.717, 1.165) is 22.5 Å². The van der Waals surface area contributed by atoms with Crippen LogP contribution in [0.2, 0.25) is 0 Å². The summed E-state index contributed by atoms with van der Waals surface area (Å²) in [4.78, 5) is 17.1. The highest BCUT2D eigenvalue weighted by Gasteiger charge is 2.29. The number of nitriles is 1. The van der Waals surface area contributed by atoms with Crippen LogP contribution in [0.25, 0.3) is 11.1 Å². The Bertz CT molecular complexity index is 874. The summed E-state index contributed by atoms with van der Waals surface area (Å²) >= 11 is 0. The van der Waals surface area contributed by atoms with Crippen LogP contribution in [-0.4, -0.2) is 10.9 Å². The van der Waals surface area contributed by atoms with Crippen LogP contribution in [0.1, 0.15) is 46.2 Å². The second-order valence-corrected chi connectivity index (χ2v) is 7.93. The lowest BCUT2D eigenvalue weighted by molar-refractivity contribution is -0.123. The summed E-state index contributed by atoms with van der Waals surface area (Å²) in [6, 6.07) is 13.8. The topological polar surface area (TPSA) is 65.8 Å². The van der Waals surface area contributed by atoms with Gasteiger partial charge in [-0.25, -0.2) is 0 Å². The van der Waals surface area contributed by atoms with Crippen LogP contribution in [0.4, 0.5) is 5.69 Å². The summed E-state index contributed by atoms with van der Waals surface area (Å²) in [6.45, 7) is 11.7. The van der Waals surface area contributed by atoms with Crippen molar-refractivity contribution in [1.82, 2.24) is 4.98 Å². The highest BCUT2D eigenvalue weighted by Crippen LogP contribution is 2.38. The number of para-hydroxylation sites is 1. The van der Waals surface area contributed by atoms with Crippen molar-refractivity contribution in [3.8, 4) is 17.2 Å². The second kappa shape index (κ2) is 8.18. The maximum Gasteiger partial charge on any atom is 0.229 e. The van der Waals surface area contributed by atoms with Crippen LogP contribution in [0.15, 0.2) is 55.3 Å². The molecule has 0 spiro atoms. The molecule has 1 unspecified atom stereocenters. The van der Waals surface area contributed by atoms with Gasteiger partial charge in [0.1, 0.15) is 0 Å². The van der Waals surface area contributed by atoms with Gasteiger partial charge in [0.05, 0.1) is 11.8 Å². The zero-order chi connectivity index (χ0) is 20.1. The molecule has 27 heavy (non-hydrogen) atoms. The Labute approximate surface area is 162 Å². The fourth-order valence-corrected chi connectivity index (χ4v) is 2.85. The number of carbonyl (C=O) groups excluding carboxylic acids is 1. The number of allylic oxidation sites excluding steroid dienone is 1. The standard InChI is InChI=1S/C23H27N3O/c1-6-23(5,14-10-15-24)20-18(12-9-16-25-20)17-11-7-8-13-19(17)26-21(27)22(2,3)4/h6-9,11-13,16H,1,10,14H2,2-5H3,(H,26,27). The lowest BCUT2D eigenvalue weighted by atomic mass is 9.78. The molecule has 0 aliphatic heterocycles. The summed E-state index contributed by atoms with van der Waals surface area (Å²) in [6.07, 6.45) is 4.66. The van der Waals surface area contributed by atoms with Crippen LogP contribution in [-0.2, 0) is 10.2 Å². The largest absolute Gasteiger partial charge is 0.325 e. The van der Waals surface area contributed by atoms with E-state index in [1.807, 2.05) is 70.2 Å². The van der Waals surface area contributed by atoms with Crippen molar-refractivity contribution in [2.24, 2.45) is 5.41 Å². The summed E-state index contributed by atoms with van der Waals surface area (Å²) in [7, 11) is 0. The van der Waals surface area contributed by atoms with Gasteiger partial charge in [-0.3, -0.25) is 9.78 Å². The smallest absolute Gasteiger partial charge is 0.229 e. The molecule has 2 rings (SSSR count). The highest BCUT2D eigenvalue weighted by molar-refractivity contribution is 5.98. The molecule has 140 valence electrons. The van der Waals surface area contributed by atoms with Crippen molar-refractivity contribution < 1.29 is 4.79 Å². The zero-order valence-corrected chi connectivity index (χ0v) is 16.5. The van der Waals surface area contributed by atoms with Crippen LogP contribution < -0.4 is 5.32 Å². The third-order valence-electron chi connectivity index (χ3n) is 4.70. The minimum absolute atomic E-state index is 0.0450. The highest BCUT2D eigenvalue weighted by atomic mass is 16.2. The molecule has 1 atom stereocenters. The van der Waals surface area contributed by atoms with Crippen LogP contribution in [0.5, 0.6) is 0 Å². The van der Waals surface area contributed by atoms with Crippen molar-refractivity contribution in [1.29, 1.82) is 5.26 Å². The lowest BCUT2D eigenvalue weighted by Gasteiger charge is -2.27. The van der Waals surface area contributed by atoms with Gasteiger partial charge in [0.2, 0.25) is 5.91 Å². The number of nitrogens with one attached hydrogen (secondary N) is 1. The fourth-order valence-electron chi connectivity index (χ4n) is 2.85. The number of rotatable bonds is 6. The number of aromatic nitrogens is 1. The van der Waals surface area contributed by atoms with Crippen molar-refractivity contribution >= 4 is 11.6 Å². The minimum Gasteiger partial charge on any atom is -0.325 e. The SMILES string of the molecule is C=CC(C)(CCC#N)c1ncccc1-c1ccccc1NC(=O)C(C)(C)C. The van der Waals surface area contributed by atoms with E-state index in [0.29, 0.717) is 12.8 Å². The van der Waals surface area contributed by atoms with Gasteiger partial charge >= 0.3 is 0 Å². The molecular formula is C23H27N3O. The Morgan fingerprint density at radius 3 is 2.48 bits per heavy atom. The van der Waals surface area contributed by atoms with E-state index < -0.39 is 10.8 Å². The molecule has 0 fully saturated rings. The Balaban J connectivity index is 2.57. The minimum atomic E-state index is -0.493. The number of amides is 1. The van der Waals surface area contributed by atoms with Gasteiger partial charge in [-0.15, -0.1) is 6.58 Å². The average molecular weight is 361 g/mol. The van der Waals surface area contributed by atoms with E-state index in [9.17, 15) is 4.79 Å². The van der Waals surface area contributed by atoms with Crippen LogP contribution in [0, 0.1) is 16.7 Å². The van der Waals surface area contributed by atoms with E-state index in [-0.39, 0.29) is 5.91 Å². The first-order chi connectivity index (χ1) is 12.7. The van der Waals surface area contributed by atoms with Crippen molar-refractivity contribution in [3.05, 3.63) is 60.9 Å². The van der Waals surface area contributed by atoms with Crippen molar-refractivity contribution in [3.63, 3.8) is 0 Å². The normalized spacial score (nSPS) is 13.3. The Morgan fingerprint density at radius 1 is 1.19 bits per heavy atom. The number of anilines is 1. The Hall–Kier alpha value is -2.93. The van der Waals surface area contributed by atoms with Gasteiger partial charge in [-0.05, 0) is 18.6 Å². The molecular weight excluding hydrogens is 334 g/mol. The second-order valence-electron chi connectivity index (χ2n) is 7.93. The number of carbonyl (C=O) groups is 1. The van der Waals surface area contributed by atoms with Gasteiger partial charge < -0.3 is 5.32 Å². The molecule has 0 bridgehead atoms. The van der Waals surface area contributed by atoms with Crippen LogP contribution >= 0.6 is 0 Å². The van der Waals surface area contributed by atoms with E-state index in [1.54, 1.807) is 6.20 Å². The van der Waals surface area contributed by atoms with Gasteiger partial charge in [-0.2, -0.15) is 5.26 Å². The van der Waals surface area contributed by atoms with E-state index in [1.165, 1.54) is 0 Å². The predicted octanol–water partition coefficient (Wildman–Crippen LogP) is 5.48. The predicted molar refractivity (Wildman–Crippen MR) is 110 cm³/mol. The van der Waals surface area contributed by atoms with Gasteiger partial charge in [-0.1, -0.05) is 58.0 Å². The molecule has 0 aliphatic carbocycles. The lowest BCUT2D eigenvalue weighted by Crippen LogP contribution is -2.28. The molecule has 0 radical (unpaired) electrons. The van der Waals surface area contributed by atoms with Crippen molar-refractivity contribution in [2.45, 2.75) is 46.0 Å². The Kier molecular flexibility index (Phi) is 6.17. The number of nitrogens with zero attached hydrogens (tertiary/aromatic N) is 2. The van der Waals surface area contributed by atoms with Gasteiger partial charge in [0, 0.05) is 40.3 Å². The first-order valence-corrected chi connectivity index (χ1v) is 9.10. The first kappa shape index (κ1) is 20.4. The third kappa shape index (κ3) is 4.62. The first-order valence-electron chi connectivity index (χ1n) is 9.10. The number of hydrogen-bond donors (Lipinski definition) is 1. The van der Waals surface area contributed by atoms with E-state index in [4.69, 9.17) is 5.26 Å². The van der Waals surface area contributed by atoms with Gasteiger partial charge in [0.25, 0.3) is 0 Å². The quantitative estimate of drug-likeness (QED) is 0.693. The number of hydrogen-bond acceptors (Lipinski definition) is 3. The van der Waals surface area contributed by atoms with Gasteiger partial charge in [0.15, 0.2) is 0 Å².